The van der Waals surface area contributed by atoms with Gasteiger partial charge in [-0.25, -0.2) is 0 Å². The Balaban J connectivity index is 0.000000321. The third kappa shape index (κ3) is 7.01. The van der Waals surface area contributed by atoms with Crippen LogP contribution in [-0.2, 0) is 0 Å². The molecule has 0 aliphatic rings. The number of hydrogen-bond acceptors (Lipinski definition) is 2. The van der Waals surface area contributed by atoms with E-state index >= 15 is 0 Å². The van der Waals surface area contributed by atoms with Crippen molar-refractivity contribution in [1.29, 1.82) is 0 Å². The predicted molar refractivity (Wildman–Crippen MR) is 126 cm³/mol. The van der Waals surface area contributed by atoms with Crippen LogP contribution in [0.2, 0.25) is 5.02 Å². The molecule has 2 aromatic heterocycles. The van der Waals surface area contributed by atoms with Gasteiger partial charge in [-0.3, -0.25) is 9.97 Å². The molecule has 0 saturated carbocycles. The van der Waals surface area contributed by atoms with Gasteiger partial charge in [0.15, 0.2) is 0 Å². The molecule has 2 nitrogen and oxygen atoms in total. The Hall–Kier alpha value is -1.26. The van der Waals surface area contributed by atoms with Gasteiger partial charge < -0.3 is 0 Å². The summed E-state index contributed by atoms with van der Waals surface area (Å²) in [6, 6.07) is 15.6. The maximum atomic E-state index is 5.91. The van der Waals surface area contributed by atoms with Crippen molar-refractivity contribution >= 4 is 78.3 Å². The van der Waals surface area contributed by atoms with Gasteiger partial charge in [-0.1, -0.05) is 23.7 Å². The Morgan fingerprint density at radius 1 is 0.889 bits per heavy atom. The minimum atomic E-state index is -0.537. The largest absolute Gasteiger partial charge is 0.256 e. The van der Waals surface area contributed by atoms with Crippen molar-refractivity contribution in [3.63, 3.8) is 0 Å². The van der Waals surface area contributed by atoms with Crippen molar-refractivity contribution in [2.45, 2.75) is 0 Å². The molecule has 0 saturated heterocycles. The van der Waals surface area contributed by atoms with Crippen LogP contribution in [0.3, 0.4) is 0 Å². The molecule has 0 aliphatic heterocycles. The topological polar surface area (TPSA) is 25.8 Å². The van der Waals surface area contributed by atoms with E-state index in [-0.39, 0.29) is 6.39 Å². The molecule has 0 fully saturated rings. The highest BCUT2D eigenvalue weighted by atomic mass is 79.9. The van der Waals surface area contributed by atoms with Gasteiger partial charge in [-0.05, 0) is 52.3 Å². The Kier molecular flexibility index (Phi) is 8.91. The number of hydrogen-bond donors (Lipinski definition) is 0. The molecule has 0 aliphatic carbocycles. The Bertz CT molecular complexity index is 789. The lowest BCUT2D eigenvalue weighted by atomic mass is 8.76. The van der Waals surface area contributed by atoms with Crippen molar-refractivity contribution in [2.75, 3.05) is 0 Å². The number of rotatable bonds is 4. The van der Waals surface area contributed by atoms with E-state index in [1.54, 1.807) is 12.4 Å². The van der Waals surface area contributed by atoms with Crippen molar-refractivity contribution in [3.8, 4) is 22.5 Å². The van der Waals surface area contributed by atoms with Crippen LogP contribution in [0.15, 0.2) is 65.4 Å². The standard InChI is InChI=1S/C16H10BrClN2.B7/c17-13-3-6-15(20-10-13)12-7-8-19-16(9-12)11-1-4-14(18)5-2-11;1-5-7(4)6(2)3/h1-10H;. The zero-order chi connectivity index (χ0) is 19.8. The molecule has 1 aromatic carbocycles. The van der Waals surface area contributed by atoms with E-state index in [1.807, 2.05) is 48.5 Å². The molecule has 0 bridgehead atoms. The van der Waals surface area contributed by atoms with Crippen LogP contribution < -0.4 is 0 Å². The molecular formula is C16H10B7BrClN2. The lowest BCUT2D eigenvalue weighted by molar-refractivity contribution is 1.28. The van der Waals surface area contributed by atoms with Gasteiger partial charge in [0.05, 0.1) is 11.4 Å². The fourth-order valence-corrected chi connectivity index (χ4v) is 2.40. The summed E-state index contributed by atoms with van der Waals surface area (Å²) in [5.74, 6) is 0. The second-order valence-corrected chi connectivity index (χ2v) is 7.00. The van der Waals surface area contributed by atoms with Crippen molar-refractivity contribution in [1.82, 2.24) is 9.97 Å². The van der Waals surface area contributed by atoms with Gasteiger partial charge >= 0.3 is 0 Å². The molecule has 3 aromatic rings. The Morgan fingerprint density at radius 3 is 2.11 bits per heavy atom. The molecule has 0 atom stereocenters. The summed E-state index contributed by atoms with van der Waals surface area (Å²) in [6.07, 6.45) is 2.66. The second kappa shape index (κ2) is 10.9. The molecule has 3 rings (SSSR count). The highest BCUT2D eigenvalue weighted by Gasteiger charge is 2.06. The van der Waals surface area contributed by atoms with Crippen LogP contribution in [-0.4, -0.2) is 60.7 Å². The fraction of sp³-hybridized carbons (Fsp3) is 0. The van der Waals surface area contributed by atoms with Gasteiger partial charge in [0.1, 0.15) is 0 Å². The van der Waals surface area contributed by atoms with Crippen LogP contribution in [0, 0.1) is 0 Å². The molecule has 9 radical (unpaired) electrons. The number of halogens is 2. The van der Waals surface area contributed by atoms with Crippen LogP contribution >= 0.6 is 27.5 Å². The summed E-state index contributed by atoms with van der Waals surface area (Å²) < 4.78 is 0.966. The number of nitrogens with zero attached hydrogens (tertiary/aromatic N) is 2. The maximum Gasteiger partial charge on any atom is 0.0708 e. The number of pyridine rings is 2. The first-order valence-corrected chi connectivity index (χ1v) is 9.23. The third-order valence-electron chi connectivity index (χ3n) is 3.59. The van der Waals surface area contributed by atoms with E-state index in [0.29, 0.717) is 0 Å². The van der Waals surface area contributed by atoms with Gasteiger partial charge in [0.25, 0.3) is 0 Å². The van der Waals surface area contributed by atoms with E-state index in [1.165, 1.54) is 7.06 Å². The zero-order valence-electron chi connectivity index (χ0n) is 14.5. The van der Waals surface area contributed by atoms with E-state index in [2.05, 4.69) is 25.9 Å². The van der Waals surface area contributed by atoms with Crippen LogP contribution in [0.1, 0.15) is 0 Å². The molecule has 0 spiro atoms. The quantitative estimate of drug-likeness (QED) is 0.606. The molecule has 0 amide bonds. The lowest BCUT2D eigenvalue weighted by Crippen LogP contribution is -2.43. The number of benzene rings is 1. The Labute approximate surface area is 180 Å². The summed E-state index contributed by atoms with van der Waals surface area (Å²) in [5, 5.41) is 0.722. The van der Waals surface area contributed by atoms with Crippen molar-refractivity contribution in [3.05, 3.63) is 70.4 Å². The highest BCUT2D eigenvalue weighted by Crippen LogP contribution is 2.25. The highest BCUT2D eigenvalue weighted by molar-refractivity contribution is 9.10. The molecule has 2 heterocycles. The van der Waals surface area contributed by atoms with E-state index in [9.17, 15) is 0 Å². The average Bonchev–Trinajstić information content (AvgIpc) is 2.69. The molecule has 11 heteroatoms. The van der Waals surface area contributed by atoms with Gasteiger partial charge in [-0.15, -0.1) is 0 Å². The minimum Gasteiger partial charge on any atom is -0.256 e. The summed E-state index contributed by atoms with van der Waals surface area (Å²) in [7, 11) is 21.6. The van der Waals surface area contributed by atoms with Crippen LogP contribution in [0.4, 0.5) is 0 Å². The van der Waals surface area contributed by atoms with Gasteiger partial charge in [-0.2, -0.15) is 0 Å². The first kappa shape index (κ1) is 22.0. The molecule has 0 N–H and O–H groups in total. The third-order valence-corrected chi connectivity index (χ3v) is 4.31. The van der Waals surface area contributed by atoms with Gasteiger partial charge in [0, 0.05) is 83.8 Å². The summed E-state index contributed by atoms with van der Waals surface area (Å²) in [4.78, 5) is 8.80. The van der Waals surface area contributed by atoms with E-state index in [0.717, 1.165) is 32.0 Å². The number of aromatic nitrogens is 2. The monoisotopic (exact) mass is 421 g/mol. The minimum absolute atomic E-state index is 0.389. The SMILES string of the molecule is Clc1ccc(-c2cc(-c3ccc(Br)cn3)ccn2)cc1.[B][B]B([B])B([B])[B]. The smallest absolute Gasteiger partial charge is 0.0708 e. The molecular weight excluding hydrogens is 411 g/mol. The lowest BCUT2D eigenvalue weighted by Gasteiger charge is -2.05. The van der Waals surface area contributed by atoms with Crippen LogP contribution in [0.5, 0.6) is 0 Å². The maximum absolute atomic E-state index is 5.91. The van der Waals surface area contributed by atoms with E-state index in [4.69, 9.17) is 42.5 Å². The summed E-state index contributed by atoms with van der Waals surface area (Å²) in [5.41, 5.74) is 3.90. The molecule has 0 unspecified atom stereocenters. The summed E-state index contributed by atoms with van der Waals surface area (Å²) in [6.45, 7) is 0. The molecule has 27 heavy (non-hydrogen) atoms. The second-order valence-electron chi connectivity index (χ2n) is 5.65. The van der Waals surface area contributed by atoms with Crippen molar-refractivity contribution < 1.29 is 0 Å². The van der Waals surface area contributed by atoms with E-state index < -0.39 is 6.39 Å². The normalized spacial score (nSPS) is 9.70. The van der Waals surface area contributed by atoms with Gasteiger partial charge in [0.2, 0.25) is 0 Å². The first-order valence-electron chi connectivity index (χ1n) is 8.06. The zero-order valence-corrected chi connectivity index (χ0v) is 16.8. The Morgan fingerprint density at radius 2 is 1.59 bits per heavy atom. The van der Waals surface area contributed by atoms with Crippen LogP contribution in [0.25, 0.3) is 22.5 Å². The fourth-order valence-electron chi connectivity index (χ4n) is 2.04. The van der Waals surface area contributed by atoms with Crippen molar-refractivity contribution in [2.24, 2.45) is 0 Å². The summed E-state index contributed by atoms with van der Waals surface area (Å²) >= 11 is 9.29. The predicted octanol–water partition coefficient (Wildman–Crippen LogP) is 2.56. The molecule has 119 valence electrons. The first-order chi connectivity index (χ1) is 12.9. The average molecular weight is 421 g/mol.